The van der Waals surface area contributed by atoms with Crippen LogP contribution in [0, 0.1) is 0 Å². The first-order chi connectivity index (χ1) is 8.59. The molecule has 0 aliphatic rings. The predicted molar refractivity (Wildman–Crippen MR) is 81.7 cm³/mol. The van der Waals surface area contributed by atoms with Crippen LogP contribution in [-0.4, -0.2) is 5.91 Å². The Morgan fingerprint density at radius 2 is 1.89 bits per heavy atom. The van der Waals surface area contributed by atoms with E-state index in [2.05, 4.69) is 37.2 Å². The van der Waals surface area contributed by atoms with E-state index in [0.717, 1.165) is 13.8 Å². The second-order valence-corrected chi connectivity index (χ2v) is 6.27. The number of carbonyl (C=O) groups excluding carboxylic acids is 1. The number of benzene rings is 1. The molecule has 1 atom stereocenters. The van der Waals surface area contributed by atoms with Crippen LogP contribution in [0.25, 0.3) is 0 Å². The van der Waals surface area contributed by atoms with Gasteiger partial charge in [-0.1, -0.05) is 12.1 Å². The fourth-order valence-corrected chi connectivity index (χ4v) is 3.34. The quantitative estimate of drug-likeness (QED) is 0.835. The molecule has 94 valence electrons. The summed E-state index contributed by atoms with van der Waals surface area (Å²) in [6.45, 7) is 0. The standard InChI is InChI=1S/C12H10Br2N2OS/c13-7-3-1-4-8(14)11(7)16-12(17)10(15)9-5-2-6-18-9/h1-6,10H,15H2,(H,16,17). The van der Waals surface area contributed by atoms with E-state index in [4.69, 9.17) is 5.73 Å². The molecule has 0 saturated carbocycles. The molecule has 0 radical (unpaired) electrons. The summed E-state index contributed by atoms with van der Waals surface area (Å²) in [5, 5.41) is 4.72. The highest BCUT2D eigenvalue weighted by Crippen LogP contribution is 2.31. The van der Waals surface area contributed by atoms with Gasteiger partial charge in [-0.15, -0.1) is 11.3 Å². The summed E-state index contributed by atoms with van der Waals surface area (Å²) in [5.41, 5.74) is 6.59. The maximum absolute atomic E-state index is 12.0. The van der Waals surface area contributed by atoms with Gasteiger partial charge in [0.15, 0.2) is 0 Å². The van der Waals surface area contributed by atoms with Gasteiger partial charge in [-0.2, -0.15) is 0 Å². The second-order valence-electron chi connectivity index (χ2n) is 3.58. The minimum atomic E-state index is -0.649. The Bertz CT molecular complexity index is 537. The molecule has 6 heteroatoms. The number of hydrogen-bond donors (Lipinski definition) is 2. The number of nitrogens with two attached hydrogens (primary N) is 1. The van der Waals surface area contributed by atoms with Crippen molar-refractivity contribution in [3.8, 4) is 0 Å². The minimum absolute atomic E-state index is 0.231. The first kappa shape index (κ1) is 13.7. The SMILES string of the molecule is NC(C(=O)Nc1c(Br)cccc1Br)c1cccs1. The number of para-hydroxylation sites is 1. The van der Waals surface area contributed by atoms with Gasteiger partial charge in [-0.05, 0) is 55.4 Å². The molecule has 2 aromatic rings. The topological polar surface area (TPSA) is 55.1 Å². The van der Waals surface area contributed by atoms with E-state index in [-0.39, 0.29) is 5.91 Å². The fourth-order valence-electron chi connectivity index (χ4n) is 1.42. The van der Waals surface area contributed by atoms with Crippen molar-refractivity contribution in [2.45, 2.75) is 6.04 Å². The van der Waals surface area contributed by atoms with Crippen molar-refractivity contribution in [1.29, 1.82) is 0 Å². The van der Waals surface area contributed by atoms with Crippen LogP contribution in [0.2, 0.25) is 0 Å². The summed E-state index contributed by atoms with van der Waals surface area (Å²) < 4.78 is 1.62. The number of thiophene rings is 1. The van der Waals surface area contributed by atoms with Gasteiger partial charge in [-0.25, -0.2) is 0 Å². The molecular formula is C12H10Br2N2OS. The van der Waals surface area contributed by atoms with Crippen molar-refractivity contribution in [2.75, 3.05) is 5.32 Å². The minimum Gasteiger partial charge on any atom is -0.322 e. The van der Waals surface area contributed by atoms with E-state index in [1.165, 1.54) is 11.3 Å². The van der Waals surface area contributed by atoms with Crippen LogP contribution >= 0.6 is 43.2 Å². The predicted octanol–water partition coefficient (Wildman–Crippen LogP) is 3.91. The molecule has 1 unspecified atom stereocenters. The lowest BCUT2D eigenvalue weighted by molar-refractivity contribution is -0.117. The zero-order valence-electron chi connectivity index (χ0n) is 9.19. The molecule has 1 aromatic carbocycles. The molecule has 1 heterocycles. The summed E-state index contributed by atoms with van der Waals surface area (Å²) in [4.78, 5) is 12.9. The molecule has 0 aliphatic heterocycles. The van der Waals surface area contributed by atoms with Crippen molar-refractivity contribution in [2.24, 2.45) is 5.73 Å². The molecule has 1 amide bonds. The molecule has 0 fully saturated rings. The first-order valence-corrected chi connectivity index (χ1v) is 7.60. The molecule has 3 N–H and O–H groups in total. The van der Waals surface area contributed by atoms with Crippen LogP contribution in [0.5, 0.6) is 0 Å². The molecule has 0 spiro atoms. The lowest BCUT2D eigenvalue weighted by Gasteiger charge is -2.13. The number of hydrogen-bond acceptors (Lipinski definition) is 3. The molecule has 3 nitrogen and oxygen atoms in total. The van der Waals surface area contributed by atoms with Crippen molar-refractivity contribution in [3.05, 3.63) is 49.5 Å². The first-order valence-electron chi connectivity index (χ1n) is 5.13. The molecule has 0 bridgehead atoms. The third kappa shape index (κ3) is 3.00. The van der Waals surface area contributed by atoms with Crippen LogP contribution in [0.4, 0.5) is 5.69 Å². The highest BCUT2D eigenvalue weighted by molar-refractivity contribution is 9.11. The van der Waals surface area contributed by atoms with Gasteiger partial charge in [0.05, 0.1) is 5.69 Å². The molecule has 18 heavy (non-hydrogen) atoms. The second kappa shape index (κ2) is 5.97. The Balaban J connectivity index is 2.17. The van der Waals surface area contributed by atoms with Crippen LogP contribution in [0.15, 0.2) is 44.7 Å². The van der Waals surface area contributed by atoms with Gasteiger partial charge in [0.25, 0.3) is 0 Å². The van der Waals surface area contributed by atoms with Gasteiger partial charge in [0, 0.05) is 13.8 Å². The van der Waals surface area contributed by atoms with Gasteiger partial charge in [0.2, 0.25) is 5.91 Å². The monoisotopic (exact) mass is 388 g/mol. The lowest BCUT2D eigenvalue weighted by atomic mass is 10.2. The average molecular weight is 390 g/mol. The van der Waals surface area contributed by atoms with Crippen LogP contribution < -0.4 is 11.1 Å². The average Bonchev–Trinajstić information content (AvgIpc) is 2.86. The van der Waals surface area contributed by atoms with Gasteiger partial charge in [0.1, 0.15) is 6.04 Å². The Hall–Kier alpha value is -0.690. The van der Waals surface area contributed by atoms with E-state index in [9.17, 15) is 4.79 Å². The zero-order chi connectivity index (χ0) is 13.1. The van der Waals surface area contributed by atoms with Crippen molar-refractivity contribution in [1.82, 2.24) is 0 Å². The summed E-state index contributed by atoms with van der Waals surface area (Å²) in [6.07, 6.45) is 0. The number of anilines is 1. The largest absolute Gasteiger partial charge is 0.322 e. The van der Waals surface area contributed by atoms with Gasteiger partial charge in [-0.3, -0.25) is 4.79 Å². The highest BCUT2D eigenvalue weighted by Gasteiger charge is 2.18. The van der Waals surface area contributed by atoms with Crippen LogP contribution in [-0.2, 0) is 4.79 Å². The summed E-state index contributed by atoms with van der Waals surface area (Å²) in [5.74, 6) is -0.231. The van der Waals surface area contributed by atoms with Gasteiger partial charge >= 0.3 is 0 Å². The number of rotatable bonds is 3. The third-order valence-corrected chi connectivity index (χ3v) is 4.62. The highest BCUT2D eigenvalue weighted by atomic mass is 79.9. The van der Waals surface area contributed by atoms with E-state index in [1.54, 1.807) is 0 Å². The Morgan fingerprint density at radius 1 is 1.22 bits per heavy atom. The molecule has 0 aliphatic carbocycles. The molecule has 1 aromatic heterocycles. The van der Waals surface area contributed by atoms with Crippen molar-refractivity contribution in [3.63, 3.8) is 0 Å². The Kier molecular flexibility index (Phi) is 4.55. The number of halogens is 2. The number of nitrogens with one attached hydrogen (secondary N) is 1. The third-order valence-electron chi connectivity index (χ3n) is 2.34. The van der Waals surface area contributed by atoms with Crippen molar-refractivity contribution < 1.29 is 4.79 Å². The van der Waals surface area contributed by atoms with Crippen LogP contribution in [0.1, 0.15) is 10.9 Å². The van der Waals surface area contributed by atoms with E-state index in [0.29, 0.717) is 5.69 Å². The fraction of sp³-hybridized carbons (Fsp3) is 0.0833. The summed E-state index contributed by atoms with van der Waals surface area (Å²) >= 11 is 8.25. The van der Waals surface area contributed by atoms with Crippen LogP contribution in [0.3, 0.4) is 0 Å². The Labute approximate surface area is 126 Å². The summed E-state index contributed by atoms with van der Waals surface area (Å²) in [6, 6.07) is 8.67. The smallest absolute Gasteiger partial charge is 0.246 e. The van der Waals surface area contributed by atoms with Gasteiger partial charge < -0.3 is 11.1 Å². The molecule has 0 saturated heterocycles. The maximum Gasteiger partial charge on any atom is 0.246 e. The van der Waals surface area contributed by atoms with E-state index >= 15 is 0 Å². The molecular weight excluding hydrogens is 380 g/mol. The summed E-state index contributed by atoms with van der Waals surface area (Å²) in [7, 11) is 0. The number of carbonyl (C=O) groups is 1. The lowest BCUT2D eigenvalue weighted by Crippen LogP contribution is -2.27. The van der Waals surface area contributed by atoms with E-state index in [1.807, 2.05) is 35.7 Å². The zero-order valence-corrected chi connectivity index (χ0v) is 13.2. The Morgan fingerprint density at radius 3 is 2.44 bits per heavy atom. The molecule has 2 rings (SSSR count). The van der Waals surface area contributed by atoms with E-state index < -0.39 is 6.04 Å². The number of amides is 1. The van der Waals surface area contributed by atoms with Crippen molar-refractivity contribution >= 4 is 54.8 Å². The normalized spacial score (nSPS) is 12.2. The maximum atomic E-state index is 12.0.